The van der Waals surface area contributed by atoms with Crippen LogP contribution in [0, 0.1) is 20.8 Å². The molecule has 2 N–H and O–H groups in total. The second-order valence-corrected chi connectivity index (χ2v) is 3.88. The third kappa shape index (κ3) is 1.44. The fourth-order valence-corrected chi connectivity index (χ4v) is 2.24. The van der Waals surface area contributed by atoms with Gasteiger partial charge in [-0.1, -0.05) is 0 Å². The Morgan fingerprint density at radius 1 is 1.17 bits per heavy atom. The molecule has 0 unspecified atom stereocenters. The second kappa shape index (κ2) is 3.40. The van der Waals surface area contributed by atoms with Gasteiger partial charge in [0, 0.05) is 10.6 Å². The van der Waals surface area contributed by atoms with Crippen molar-refractivity contribution in [3.05, 3.63) is 22.8 Å². The average molecular weight is 181 g/mol. The van der Waals surface area contributed by atoms with Crippen molar-refractivity contribution in [2.75, 3.05) is 12.0 Å². The molecule has 0 heterocycles. The summed E-state index contributed by atoms with van der Waals surface area (Å²) in [6.07, 6.45) is 2.10. The maximum absolute atomic E-state index is 5.84. The van der Waals surface area contributed by atoms with Gasteiger partial charge in [0.1, 0.15) is 0 Å². The van der Waals surface area contributed by atoms with E-state index in [1.807, 2.05) is 6.07 Å². The van der Waals surface area contributed by atoms with E-state index in [1.165, 1.54) is 21.6 Å². The molecule has 0 saturated carbocycles. The van der Waals surface area contributed by atoms with Crippen LogP contribution in [-0.4, -0.2) is 6.26 Å². The van der Waals surface area contributed by atoms with Gasteiger partial charge in [-0.2, -0.15) is 0 Å². The Morgan fingerprint density at radius 2 is 1.75 bits per heavy atom. The van der Waals surface area contributed by atoms with Crippen LogP contribution in [0.2, 0.25) is 0 Å². The maximum Gasteiger partial charge on any atom is 0.0349 e. The Kier molecular flexibility index (Phi) is 2.68. The standard InChI is InChI=1S/C10H15NS/c1-6-5-9(11)7(2)8(3)10(6)12-4/h5H,11H2,1-4H3. The van der Waals surface area contributed by atoms with Crippen molar-refractivity contribution in [2.45, 2.75) is 25.7 Å². The minimum atomic E-state index is 0.905. The smallest absolute Gasteiger partial charge is 0.0349 e. The number of benzene rings is 1. The number of aryl methyl sites for hydroxylation is 1. The molecule has 1 nitrogen and oxygen atoms in total. The Hall–Kier alpha value is -0.630. The van der Waals surface area contributed by atoms with Crippen LogP contribution in [-0.2, 0) is 0 Å². The molecule has 66 valence electrons. The SMILES string of the molecule is CSc1c(C)cc(N)c(C)c1C. The van der Waals surface area contributed by atoms with Gasteiger partial charge in [-0.15, -0.1) is 11.8 Å². The summed E-state index contributed by atoms with van der Waals surface area (Å²) in [4.78, 5) is 1.36. The number of nitrogens with two attached hydrogens (primary N) is 1. The summed E-state index contributed by atoms with van der Waals surface area (Å²) in [6, 6.07) is 2.05. The van der Waals surface area contributed by atoms with E-state index in [-0.39, 0.29) is 0 Å². The van der Waals surface area contributed by atoms with E-state index >= 15 is 0 Å². The van der Waals surface area contributed by atoms with Crippen LogP contribution in [0.15, 0.2) is 11.0 Å². The highest BCUT2D eigenvalue weighted by molar-refractivity contribution is 7.98. The van der Waals surface area contributed by atoms with Gasteiger partial charge in [-0.25, -0.2) is 0 Å². The zero-order valence-electron chi connectivity index (χ0n) is 8.06. The number of hydrogen-bond acceptors (Lipinski definition) is 2. The molecule has 0 fully saturated rings. The third-order valence-electron chi connectivity index (χ3n) is 2.27. The van der Waals surface area contributed by atoms with E-state index in [0.717, 1.165) is 5.69 Å². The van der Waals surface area contributed by atoms with Crippen molar-refractivity contribution < 1.29 is 0 Å². The number of hydrogen-bond donors (Lipinski definition) is 1. The van der Waals surface area contributed by atoms with Gasteiger partial charge in [0.15, 0.2) is 0 Å². The van der Waals surface area contributed by atoms with Crippen LogP contribution in [0.4, 0.5) is 5.69 Å². The Balaban J connectivity index is 3.40. The van der Waals surface area contributed by atoms with Crippen LogP contribution in [0.3, 0.4) is 0 Å². The van der Waals surface area contributed by atoms with Crippen molar-refractivity contribution in [3.63, 3.8) is 0 Å². The summed E-state index contributed by atoms with van der Waals surface area (Å²) < 4.78 is 0. The largest absolute Gasteiger partial charge is 0.398 e. The topological polar surface area (TPSA) is 26.0 Å². The van der Waals surface area contributed by atoms with Crippen molar-refractivity contribution >= 4 is 17.4 Å². The summed E-state index contributed by atoms with van der Waals surface area (Å²) in [5, 5.41) is 0. The predicted octanol–water partition coefficient (Wildman–Crippen LogP) is 2.92. The highest BCUT2D eigenvalue weighted by atomic mass is 32.2. The van der Waals surface area contributed by atoms with Crippen LogP contribution in [0.1, 0.15) is 16.7 Å². The number of anilines is 1. The molecule has 2 heteroatoms. The zero-order valence-corrected chi connectivity index (χ0v) is 8.88. The summed E-state index contributed by atoms with van der Waals surface area (Å²) >= 11 is 1.79. The van der Waals surface area contributed by atoms with Crippen LogP contribution < -0.4 is 5.73 Å². The molecule has 0 atom stereocenters. The second-order valence-electron chi connectivity index (χ2n) is 3.07. The van der Waals surface area contributed by atoms with E-state index in [1.54, 1.807) is 11.8 Å². The highest BCUT2D eigenvalue weighted by Crippen LogP contribution is 2.29. The van der Waals surface area contributed by atoms with Crippen molar-refractivity contribution in [1.82, 2.24) is 0 Å². The van der Waals surface area contributed by atoms with Gasteiger partial charge < -0.3 is 5.73 Å². The Bertz CT molecular complexity index is 305. The van der Waals surface area contributed by atoms with Crippen molar-refractivity contribution in [3.8, 4) is 0 Å². The van der Waals surface area contributed by atoms with Crippen LogP contribution in [0.25, 0.3) is 0 Å². The molecule has 0 aliphatic heterocycles. The van der Waals surface area contributed by atoms with E-state index in [4.69, 9.17) is 5.73 Å². The molecule has 0 saturated heterocycles. The quantitative estimate of drug-likeness (QED) is 0.532. The molecule has 1 aromatic rings. The van der Waals surface area contributed by atoms with Gasteiger partial charge in [0.05, 0.1) is 0 Å². The molecule has 0 aliphatic carbocycles. The van der Waals surface area contributed by atoms with E-state index < -0.39 is 0 Å². The molecule has 0 amide bonds. The fraction of sp³-hybridized carbons (Fsp3) is 0.400. The Labute approximate surface area is 78.4 Å². The molecule has 1 rings (SSSR count). The summed E-state index contributed by atoms with van der Waals surface area (Å²) in [5.41, 5.74) is 10.6. The van der Waals surface area contributed by atoms with Gasteiger partial charge >= 0.3 is 0 Å². The van der Waals surface area contributed by atoms with E-state index in [9.17, 15) is 0 Å². The van der Waals surface area contributed by atoms with E-state index in [2.05, 4.69) is 27.0 Å². The molecule has 0 radical (unpaired) electrons. The Morgan fingerprint density at radius 3 is 2.25 bits per heavy atom. The number of thioether (sulfide) groups is 1. The molecule has 1 aromatic carbocycles. The molecule has 0 aromatic heterocycles. The zero-order chi connectivity index (χ0) is 9.30. The molecule has 0 aliphatic rings. The maximum atomic E-state index is 5.84. The minimum Gasteiger partial charge on any atom is -0.398 e. The summed E-state index contributed by atoms with van der Waals surface area (Å²) in [7, 11) is 0. The fourth-order valence-electron chi connectivity index (χ4n) is 1.40. The lowest BCUT2D eigenvalue weighted by molar-refractivity contribution is 1.18. The average Bonchev–Trinajstić information content (AvgIpc) is 2.01. The minimum absolute atomic E-state index is 0.905. The monoisotopic (exact) mass is 181 g/mol. The molecule has 0 bridgehead atoms. The van der Waals surface area contributed by atoms with Crippen LogP contribution in [0.5, 0.6) is 0 Å². The lowest BCUT2D eigenvalue weighted by atomic mass is 10.0. The van der Waals surface area contributed by atoms with Crippen molar-refractivity contribution in [2.24, 2.45) is 0 Å². The van der Waals surface area contributed by atoms with Gasteiger partial charge in [-0.3, -0.25) is 0 Å². The number of nitrogen functional groups attached to an aromatic ring is 1. The number of rotatable bonds is 1. The van der Waals surface area contributed by atoms with Crippen molar-refractivity contribution in [1.29, 1.82) is 0 Å². The van der Waals surface area contributed by atoms with Gasteiger partial charge in [-0.05, 0) is 49.8 Å². The first-order valence-electron chi connectivity index (χ1n) is 3.98. The van der Waals surface area contributed by atoms with Crippen LogP contribution >= 0.6 is 11.8 Å². The van der Waals surface area contributed by atoms with Gasteiger partial charge in [0.2, 0.25) is 0 Å². The lowest BCUT2D eigenvalue weighted by Crippen LogP contribution is -1.96. The molecular weight excluding hydrogens is 166 g/mol. The van der Waals surface area contributed by atoms with E-state index in [0.29, 0.717) is 0 Å². The predicted molar refractivity (Wildman–Crippen MR) is 56.8 cm³/mol. The third-order valence-corrected chi connectivity index (χ3v) is 3.31. The lowest BCUT2D eigenvalue weighted by Gasteiger charge is -2.12. The highest BCUT2D eigenvalue weighted by Gasteiger charge is 2.06. The summed E-state index contributed by atoms with van der Waals surface area (Å²) in [6.45, 7) is 6.31. The molecular formula is C10H15NS. The normalized spacial score (nSPS) is 10.3. The summed E-state index contributed by atoms with van der Waals surface area (Å²) in [5.74, 6) is 0. The first kappa shape index (κ1) is 9.46. The molecule has 0 spiro atoms. The first-order valence-corrected chi connectivity index (χ1v) is 5.20. The molecule has 12 heavy (non-hydrogen) atoms. The first-order chi connectivity index (χ1) is 5.57. The van der Waals surface area contributed by atoms with Gasteiger partial charge in [0.25, 0.3) is 0 Å².